The van der Waals surface area contributed by atoms with Crippen molar-refractivity contribution in [3.8, 4) is 5.75 Å². The number of carboxylic acids is 1. The lowest BCUT2D eigenvalue weighted by molar-refractivity contribution is -0.146. The van der Waals surface area contributed by atoms with Gasteiger partial charge in [0.2, 0.25) is 0 Å². The number of carbonyl (C=O) groups excluding carboxylic acids is 1. The van der Waals surface area contributed by atoms with Gasteiger partial charge in [-0.25, -0.2) is 4.79 Å². The second-order valence-corrected chi connectivity index (χ2v) is 5.68. The third-order valence-corrected chi connectivity index (χ3v) is 3.61. The first kappa shape index (κ1) is 16.5. The molecule has 0 saturated carbocycles. The van der Waals surface area contributed by atoms with Crippen molar-refractivity contribution in [3.63, 3.8) is 0 Å². The molecule has 2 aromatic rings. The van der Waals surface area contributed by atoms with Gasteiger partial charge in [-0.15, -0.1) is 0 Å². The second-order valence-electron chi connectivity index (χ2n) is 5.68. The fourth-order valence-electron chi connectivity index (χ4n) is 1.96. The van der Waals surface area contributed by atoms with Crippen molar-refractivity contribution in [1.29, 1.82) is 0 Å². The number of hydrogen-bond donors (Lipinski definition) is 2. The van der Waals surface area contributed by atoms with Crippen molar-refractivity contribution in [1.82, 2.24) is 9.78 Å². The first-order valence-corrected chi connectivity index (χ1v) is 7.00. The molecule has 7 heteroatoms. The second kappa shape index (κ2) is 6.12. The SMILES string of the molecule is COc1cc(C(=O)Nc2cnn(C(C)(C)C(=O)O)c2)ccc1C. The van der Waals surface area contributed by atoms with Crippen LogP contribution in [0.5, 0.6) is 5.75 Å². The van der Waals surface area contributed by atoms with Gasteiger partial charge >= 0.3 is 5.97 Å². The van der Waals surface area contributed by atoms with E-state index in [1.165, 1.54) is 30.9 Å². The molecule has 0 atom stereocenters. The van der Waals surface area contributed by atoms with Crippen LogP contribution in [0.15, 0.2) is 30.6 Å². The van der Waals surface area contributed by atoms with Gasteiger partial charge in [0.1, 0.15) is 5.75 Å². The molecule has 0 fully saturated rings. The van der Waals surface area contributed by atoms with E-state index in [4.69, 9.17) is 4.74 Å². The van der Waals surface area contributed by atoms with Crippen LogP contribution in [0, 0.1) is 6.92 Å². The summed E-state index contributed by atoms with van der Waals surface area (Å²) in [6, 6.07) is 5.14. The molecule has 0 unspecified atom stereocenters. The number of ether oxygens (including phenoxy) is 1. The van der Waals surface area contributed by atoms with Gasteiger partial charge in [0.15, 0.2) is 5.54 Å². The Balaban J connectivity index is 2.18. The van der Waals surface area contributed by atoms with Crippen LogP contribution in [-0.2, 0) is 10.3 Å². The molecule has 0 spiro atoms. The first-order chi connectivity index (χ1) is 10.8. The lowest BCUT2D eigenvalue weighted by atomic mass is 10.1. The summed E-state index contributed by atoms with van der Waals surface area (Å²) in [6.07, 6.45) is 2.89. The standard InChI is InChI=1S/C16H19N3O4/c1-10-5-6-11(7-13(10)23-4)14(20)18-12-8-17-19(9-12)16(2,3)15(21)22/h5-9H,1-4H3,(H,18,20)(H,21,22). The van der Waals surface area contributed by atoms with Crippen molar-refractivity contribution in [3.05, 3.63) is 41.7 Å². The molecule has 1 aromatic carbocycles. The molecular formula is C16H19N3O4. The van der Waals surface area contributed by atoms with E-state index in [1.807, 2.05) is 6.92 Å². The molecule has 0 aliphatic rings. The number of aryl methyl sites for hydroxylation is 1. The van der Waals surface area contributed by atoms with Crippen LogP contribution >= 0.6 is 0 Å². The van der Waals surface area contributed by atoms with Gasteiger partial charge in [-0.3, -0.25) is 9.48 Å². The van der Waals surface area contributed by atoms with Crippen molar-refractivity contribution in [2.75, 3.05) is 12.4 Å². The Hall–Kier alpha value is -2.83. The summed E-state index contributed by atoms with van der Waals surface area (Å²) in [5.74, 6) is -0.710. The molecule has 7 nitrogen and oxygen atoms in total. The molecule has 122 valence electrons. The summed E-state index contributed by atoms with van der Waals surface area (Å²) in [5, 5.41) is 15.9. The number of carboxylic acid groups (broad SMARTS) is 1. The number of nitrogens with zero attached hydrogens (tertiary/aromatic N) is 2. The molecular weight excluding hydrogens is 298 g/mol. The molecule has 2 N–H and O–H groups in total. The topological polar surface area (TPSA) is 93.5 Å². The van der Waals surface area contributed by atoms with Gasteiger partial charge in [-0.1, -0.05) is 6.07 Å². The monoisotopic (exact) mass is 317 g/mol. The third-order valence-electron chi connectivity index (χ3n) is 3.61. The van der Waals surface area contributed by atoms with Gasteiger partial charge < -0.3 is 15.2 Å². The number of aliphatic carboxylic acids is 1. The molecule has 1 amide bonds. The highest BCUT2D eigenvalue weighted by atomic mass is 16.5. The van der Waals surface area contributed by atoms with Gasteiger partial charge in [0.25, 0.3) is 5.91 Å². The Morgan fingerprint density at radius 1 is 1.35 bits per heavy atom. The maximum Gasteiger partial charge on any atom is 0.331 e. The van der Waals surface area contributed by atoms with Gasteiger partial charge in [-0.05, 0) is 38.5 Å². The molecule has 23 heavy (non-hydrogen) atoms. The zero-order valence-electron chi connectivity index (χ0n) is 13.5. The van der Waals surface area contributed by atoms with E-state index >= 15 is 0 Å². The van der Waals surface area contributed by atoms with Crippen LogP contribution in [0.3, 0.4) is 0 Å². The van der Waals surface area contributed by atoms with Gasteiger partial charge in [0.05, 0.1) is 19.0 Å². The van der Waals surface area contributed by atoms with Crippen LogP contribution in [0.4, 0.5) is 5.69 Å². The number of methoxy groups -OCH3 is 1. The first-order valence-electron chi connectivity index (χ1n) is 7.00. The normalized spacial score (nSPS) is 11.1. The van der Waals surface area contributed by atoms with Crippen molar-refractivity contribution < 1.29 is 19.4 Å². The lowest BCUT2D eigenvalue weighted by Gasteiger charge is -2.19. The molecule has 0 bridgehead atoms. The van der Waals surface area contributed by atoms with E-state index in [-0.39, 0.29) is 5.91 Å². The number of aromatic nitrogens is 2. The van der Waals surface area contributed by atoms with Crippen molar-refractivity contribution >= 4 is 17.6 Å². The highest BCUT2D eigenvalue weighted by Gasteiger charge is 2.30. The maximum absolute atomic E-state index is 12.3. The number of rotatable bonds is 5. The summed E-state index contributed by atoms with van der Waals surface area (Å²) in [6.45, 7) is 4.94. The Morgan fingerprint density at radius 2 is 2.04 bits per heavy atom. The molecule has 1 heterocycles. The largest absolute Gasteiger partial charge is 0.496 e. The van der Waals surface area contributed by atoms with E-state index in [1.54, 1.807) is 25.3 Å². The molecule has 0 radical (unpaired) electrons. The van der Waals surface area contributed by atoms with E-state index < -0.39 is 11.5 Å². The number of nitrogens with one attached hydrogen (secondary N) is 1. The Bertz CT molecular complexity index is 750. The van der Waals surface area contributed by atoms with Crippen LogP contribution in [-0.4, -0.2) is 33.9 Å². The average Bonchev–Trinajstić information content (AvgIpc) is 2.96. The number of amides is 1. The minimum Gasteiger partial charge on any atom is -0.496 e. The summed E-state index contributed by atoms with van der Waals surface area (Å²) in [7, 11) is 1.54. The van der Waals surface area contributed by atoms with E-state index in [0.29, 0.717) is 17.0 Å². The fourth-order valence-corrected chi connectivity index (χ4v) is 1.96. The molecule has 0 aliphatic carbocycles. The van der Waals surface area contributed by atoms with E-state index in [9.17, 15) is 14.7 Å². The van der Waals surface area contributed by atoms with Crippen molar-refractivity contribution in [2.24, 2.45) is 0 Å². The van der Waals surface area contributed by atoms with Gasteiger partial charge in [-0.2, -0.15) is 5.10 Å². The number of benzene rings is 1. The smallest absolute Gasteiger partial charge is 0.331 e. The zero-order valence-corrected chi connectivity index (χ0v) is 13.5. The summed E-state index contributed by atoms with van der Waals surface area (Å²) in [5.41, 5.74) is 0.595. The summed E-state index contributed by atoms with van der Waals surface area (Å²) < 4.78 is 6.49. The summed E-state index contributed by atoms with van der Waals surface area (Å²) in [4.78, 5) is 23.5. The molecule has 2 rings (SSSR count). The van der Waals surface area contributed by atoms with Crippen molar-refractivity contribution in [2.45, 2.75) is 26.3 Å². The number of hydrogen-bond acceptors (Lipinski definition) is 4. The summed E-state index contributed by atoms with van der Waals surface area (Å²) >= 11 is 0. The minimum atomic E-state index is -1.20. The Labute approximate surface area is 133 Å². The van der Waals surface area contributed by atoms with E-state index in [2.05, 4.69) is 10.4 Å². The molecule has 1 aromatic heterocycles. The quantitative estimate of drug-likeness (QED) is 0.882. The third kappa shape index (κ3) is 3.33. The highest BCUT2D eigenvalue weighted by molar-refractivity contribution is 6.04. The Morgan fingerprint density at radius 3 is 2.65 bits per heavy atom. The number of anilines is 1. The van der Waals surface area contributed by atoms with Crippen LogP contribution in [0.25, 0.3) is 0 Å². The van der Waals surface area contributed by atoms with Crippen LogP contribution in [0.1, 0.15) is 29.8 Å². The molecule has 0 aliphatic heterocycles. The zero-order chi connectivity index (χ0) is 17.2. The van der Waals surface area contributed by atoms with E-state index in [0.717, 1.165) is 5.56 Å². The minimum absolute atomic E-state index is 0.323. The maximum atomic E-state index is 12.3. The molecule has 0 saturated heterocycles. The number of carbonyl (C=O) groups is 2. The predicted octanol–water partition coefficient (Wildman–Crippen LogP) is 2.27. The van der Waals surface area contributed by atoms with Gasteiger partial charge in [0, 0.05) is 11.8 Å². The Kier molecular flexibility index (Phi) is 4.40. The fraction of sp³-hybridized carbons (Fsp3) is 0.312. The lowest BCUT2D eigenvalue weighted by Crippen LogP contribution is -2.35. The highest BCUT2D eigenvalue weighted by Crippen LogP contribution is 2.21. The van der Waals surface area contributed by atoms with Crippen LogP contribution in [0.2, 0.25) is 0 Å². The average molecular weight is 317 g/mol. The van der Waals surface area contributed by atoms with Crippen LogP contribution < -0.4 is 10.1 Å². The predicted molar refractivity (Wildman–Crippen MR) is 84.9 cm³/mol.